The molecule has 0 aliphatic carbocycles. The van der Waals surface area contributed by atoms with Crippen molar-refractivity contribution in [3.05, 3.63) is 58.1 Å². The van der Waals surface area contributed by atoms with E-state index in [2.05, 4.69) is 20.0 Å². The average molecular weight is 373 g/mol. The predicted octanol–water partition coefficient (Wildman–Crippen LogP) is 4.24. The second-order valence-electron chi connectivity index (χ2n) is 4.63. The smallest absolute Gasteiger partial charge is 0.387 e. The highest BCUT2D eigenvalue weighted by Gasteiger charge is 2.12. The summed E-state index contributed by atoms with van der Waals surface area (Å²) in [4.78, 5) is 9.99. The van der Waals surface area contributed by atoms with E-state index in [1.807, 2.05) is 0 Å². The van der Waals surface area contributed by atoms with Gasteiger partial charge in [0.2, 0.25) is 0 Å². The number of ether oxygens (including phenoxy) is 2. The van der Waals surface area contributed by atoms with Crippen LogP contribution in [0.1, 0.15) is 5.56 Å². The average Bonchev–Trinajstić information content (AvgIpc) is 2.56. The minimum absolute atomic E-state index is 0.0707. The molecule has 26 heavy (non-hydrogen) atoms. The molecule has 0 radical (unpaired) electrons. The van der Waals surface area contributed by atoms with Gasteiger partial charge < -0.3 is 9.47 Å². The van der Waals surface area contributed by atoms with E-state index in [-0.39, 0.29) is 17.0 Å². The molecule has 0 saturated carbocycles. The van der Waals surface area contributed by atoms with E-state index in [0.29, 0.717) is 5.69 Å². The number of hydrazone groups is 1. The van der Waals surface area contributed by atoms with Gasteiger partial charge in [0, 0.05) is 23.8 Å². The van der Waals surface area contributed by atoms with E-state index in [0.717, 1.165) is 18.3 Å². The summed E-state index contributed by atoms with van der Waals surface area (Å²) in [5, 5.41) is 14.3. The van der Waals surface area contributed by atoms with Gasteiger partial charge in [0.1, 0.15) is 11.5 Å². The molecule has 0 heterocycles. The zero-order valence-electron chi connectivity index (χ0n) is 12.8. The molecule has 7 nitrogen and oxygen atoms in total. The second kappa shape index (κ2) is 8.65. The fourth-order valence-electron chi connectivity index (χ4n) is 1.83. The van der Waals surface area contributed by atoms with Crippen molar-refractivity contribution < 1.29 is 32.0 Å². The highest BCUT2D eigenvalue weighted by atomic mass is 19.3. The molecular formula is C15H11F4N3O4. The van der Waals surface area contributed by atoms with Crippen LogP contribution in [-0.4, -0.2) is 24.4 Å². The van der Waals surface area contributed by atoms with E-state index in [9.17, 15) is 27.7 Å². The molecule has 0 bridgehead atoms. The van der Waals surface area contributed by atoms with Crippen molar-refractivity contribution in [2.45, 2.75) is 13.2 Å². The molecule has 0 aromatic heterocycles. The molecule has 0 aliphatic heterocycles. The number of nitro groups is 1. The van der Waals surface area contributed by atoms with Crippen molar-refractivity contribution >= 4 is 17.6 Å². The maximum absolute atomic E-state index is 12.5. The molecule has 0 spiro atoms. The van der Waals surface area contributed by atoms with Crippen LogP contribution in [-0.2, 0) is 0 Å². The first-order valence-corrected chi connectivity index (χ1v) is 6.92. The van der Waals surface area contributed by atoms with Crippen LogP contribution >= 0.6 is 0 Å². The van der Waals surface area contributed by atoms with Gasteiger partial charge in [-0.1, -0.05) is 0 Å². The molecule has 0 fully saturated rings. The van der Waals surface area contributed by atoms with Gasteiger partial charge >= 0.3 is 13.2 Å². The summed E-state index contributed by atoms with van der Waals surface area (Å²) < 4.78 is 57.7. The van der Waals surface area contributed by atoms with Crippen LogP contribution in [0.2, 0.25) is 0 Å². The lowest BCUT2D eigenvalue weighted by molar-refractivity contribution is -0.384. The van der Waals surface area contributed by atoms with Gasteiger partial charge in [-0.15, -0.1) is 0 Å². The number of alkyl halides is 4. The summed E-state index contributed by atoms with van der Waals surface area (Å²) in [5.74, 6) is -0.761. The van der Waals surface area contributed by atoms with Crippen LogP contribution in [0.3, 0.4) is 0 Å². The minimum Gasteiger partial charge on any atom is -0.435 e. The number of anilines is 1. The van der Waals surface area contributed by atoms with Crippen molar-refractivity contribution in [3.8, 4) is 11.5 Å². The first-order chi connectivity index (χ1) is 12.3. The summed E-state index contributed by atoms with van der Waals surface area (Å²) in [6.07, 6.45) is 1.12. The molecule has 2 aromatic rings. The Morgan fingerprint density at radius 3 is 2.27 bits per heavy atom. The molecule has 2 rings (SSSR count). The van der Waals surface area contributed by atoms with Crippen molar-refractivity contribution in [2.75, 3.05) is 5.43 Å². The Hall–Kier alpha value is -3.37. The normalized spacial score (nSPS) is 11.2. The number of nitrogens with zero attached hydrogens (tertiary/aromatic N) is 2. The maximum Gasteiger partial charge on any atom is 0.387 e. The van der Waals surface area contributed by atoms with Crippen molar-refractivity contribution in [1.29, 1.82) is 0 Å². The first kappa shape index (κ1) is 19.0. The Labute approximate surface area is 144 Å². The van der Waals surface area contributed by atoms with Gasteiger partial charge in [0.25, 0.3) is 5.69 Å². The number of nitrogens with one attached hydrogen (secondary N) is 1. The number of hydrogen-bond acceptors (Lipinski definition) is 6. The zero-order valence-corrected chi connectivity index (χ0v) is 12.8. The lowest BCUT2D eigenvalue weighted by Gasteiger charge is -2.10. The van der Waals surface area contributed by atoms with E-state index < -0.39 is 23.9 Å². The van der Waals surface area contributed by atoms with Gasteiger partial charge in [-0.2, -0.15) is 22.7 Å². The summed E-state index contributed by atoms with van der Waals surface area (Å²) in [6.45, 7) is -6.29. The van der Waals surface area contributed by atoms with Crippen LogP contribution < -0.4 is 14.9 Å². The Bertz CT molecular complexity index is 785. The van der Waals surface area contributed by atoms with E-state index in [1.165, 1.54) is 30.3 Å². The standard InChI is InChI=1S/C15H11F4N3O4/c16-14(17)25-12-6-1-9(13(7-12)26-15(18)19)8-20-21-10-2-4-11(5-3-10)22(23)24/h1-8,14-15,21H/b20-8+. The number of non-ortho nitro benzene ring substituents is 1. The number of benzene rings is 2. The largest absolute Gasteiger partial charge is 0.435 e. The molecule has 0 aliphatic rings. The molecule has 0 amide bonds. The highest BCUT2D eigenvalue weighted by molar-refractivity contribution is 5.84. The molecule has 138 valence electrons. The van der Waals surface area contributed by atoms with Gasteiger partial charge in [-0.25, -0.2) is 0 Å². The predicted molar refractivity (Wildman–Crippen MR) is 84.0 cm³/mol. The zero-order chi connectivity index (χ0) is 19.1. The van der Waals surface area contributed by atoms with Crippen LogP contribution in [0.25, 0.3) is 0 Å². The molecular weight excluding hydrogens is 362 g/mol. The Kier molecular flexibility index (Phi) is 6.31. The summed E-state index contributed by atoms with van der Waals surface area (Å²) in [5.41, 5.74) is 2.90. The number of hydrogen-bond donors (Lipinski definition) is 1. The summed E-state index contributed by atoms with van der Waals surface area (Å²) >= 11 is 0. The van der Waals surface area contributed by atoms with Crippen molar-refractivity contribution in [2.24, 2.45) is 5.10 Å². The Morgan fingerprint density at radius 2 is 1.69 bits per heavy atom. The molecule has 0 saturated heterocycles. The monoisotopic (exact) mass is 373 g/mol. The molecule has 0 unspecified atom stereocenters. The van der Waals surface area contributed by atoms with Crippen LogP contribution in [0.15, 0.2) is 47.6 Å². The SMILES string of the molecule is O=[N+]([O-])c1ccc(N/N=C/c2ccc(OC(F)F)cc2OC(F)F)cc1. The molecule has 1 N–H and O–H groups in total. The third kappa shape index (κ3) is 5.61. The third-order valence-electron chi connectivity index (χ3n) is 2.90. The quantitative estimate of drug-likeness (QED) is 0.324. The Balaban J connectivity index is 2.13. The van der Waals surface area contributed by atoms with E-state index >= 15 is 0 Å². The topological polar surface area (TPSA) is 86.0 Å². The lowest BCUT2D eigenvalue weighted by Crippen LogP contribution is -2.06. The van der Waals surface area contributed by atoms with Gasteiger partial charge in [-0.3, -0.25) is 15.5 Å². The second-order valence-corrected chi connectivity index (χ2v) is 4.63. The minimum atomic E-state index is -3.17. The molecule has 11 heteroatoms. The number of nitro benzene ring substituents is 1. The van der Waals surface area contributed by atoms with E-state index in [1.54, 1.807) is 0 Å². The fourth-order valence-corrected chi connectivity index (χ4v) is 1.83. The maximum atomic E-state index is 12.5. The van der Waals surface area contributed by atoms with Gasteiger partial charge in [0.15, 0.2) is 0 Å². The third-order valence-corrected chi connectivity index (χ3v) is 2.90. The lowest BCUT2D eigenvalue weighted by atomic mass is 10.2. The molecule has 2 aromatic carbocycles. The van der Waals surface area contributed by atoms with Crippen LogP contribution in [0, 0.1) is 10.1 Å². The van der Waals surface area contributed by atoms with Crippen LogP contribution in [0.4, 0.5) is 28.9 Å². The van der Waals surface area contributed by atoms with Gasteiger partial charge in [-0.05, 0) is 24.3 Å². The summed E-state index contributed by atoms with van der Waals surface area (Å²) in [6, 6.07) is 8.51. The number of halogens is 4. The van der Waals surface area contributed by atoms with Crippen molar-refractivity contribution in [3.63, 3.8) is 0 Å². The number of rotatable bonds is 8. The highest BCUT2D eigenvalue weighted by Crippen LogP contribution is 2.26. The van der Waals surface area contributed by atoms with Gasteiger partial charge in [0.05, 0.1) is 16.8 Å². The van der Waals surface area contributed by atoms with Crippen LogP contribution in [0.5, 0.6) is 11.5 Å². The van der Waals surface area contributed by atoms with E-state index in [4.69, 9.17) is 0 Å². The van der Waals surface area contributed by atoms with Crippen molar-refractivity contribution in [1.82, 2.24) is 0 Å². The first-order valence-electron chi connectivity index (χ1n) is 6.92. The molecule has 0 atom stereocenters. The fraction of sp³-hybridized carbons (Fsp3) is 0.133. The summed E-state index contributed by atoms with van der Waals surface area (Å²) in [7, 11) is 0. The Morgan fingerprint density at radius 1 is 1.04 bits per heavy atom.